The molecule has 3 rings (SSSR count). The Morgan fingerprint density at radius 3 is 2.00 bits per heavy atom. The van der Waals surface area contributed by atoms with Gasteiger partial charge in [-0.25, -0.2) is 0 Å². The quantitative estimate of drug-likeness (QED) is 0.474. The van der Waals surface area contributed by atoms with Gasteiger partial charge in [0.05, 0.1) is 16.3 Å². The number of benzene rings is 2. The minimum Gasteiger partial charge on any atom is -0.254 e. The second kappa shape index (κ2) is 7.01. The molecule has 0 bridgehead atoms. The van der Waals surface area contributed by atoms with Crippen molar-refractivity contribution in [3.8, 4) is 28.5 Å². The maximum absolute atomic E-state index is 9.51. The summed E-state index contributed by atoms with van der Waals surface area (Å²) in [6, 6.07) is 14.0. The fourth-order valence-corrected chi connectivity index (χ4v) is 3.09. The third kappa shape index (κ3) is 3.36. The summed E-state index contributed by atoms with van der Waals surface area (Å²) in [6.07, 6.45) is 1.63. The molecule has 0 amide bonds. The summed E-state index contributed by atoms with van der Waals surface area (Å²) >= 11 is 24.5. The van der Waals surface area contributed by atoms with Crippen LogP contribution in [0.15, 0.2) is 48.7 Å². The van der Waals surface area contributed by atoms with Gasteiger partial charge in [0.25, 0.3) is 0 Å². The maximum atomic E-state index is 9.51. The topological polar surface area (TPSA) is 36.7 Å². The van der Waals surface area contributed by atoms with Crippen molar-refractivity contribution in [1.82, 2.24) is 4.98 Å². The number of halogens is 4. The molecule has 0 aliphatic carbocycles. The van der Waals surface area contributed by atoms with E-state index in [1.807, 2.05) is 0 Å². The highest BCUT2D eigenvalue weighted by Crippen LogP contribution is 2.35. The van der Waals surface area contributed by atoms with E-state index >= 15 is 0 Å². The molecule has 0 radical (unpaired) electrons. The molecule has 3 aromatic rings. The first-order valence-electron chi connectivity index (χ1n) is 6.80. The minimum atomic E-state index is 0.368. The smallest absolute Gasteiger partial charge is 0.101 e. The summed E-state index contributed by atoms with van der Waals surface area (Å²) in [4.78, 5) is 4.40. The van der Waals surface area contributed by atoms with Crippen molar-refractivity contribution < 1.29 is 0 Å². The van der Waals surface area contributed by atoms with Crippen LogP contribution in [0.3, 0.4) is 0 Å². The van der Waals surface area contributed by atoms with Gasteiger partial charge < -0.3 is 0 Å². The van der Waals surface area contributed by atoms with Gasteiger partial charge in [-0.1, -0.05) is 46.4 Å². The van der Waals surface area contributed by atoms with Gasteiger partial charge in [0.2, 0.25) is 0 Å². The molecule has 0 spiro atoms. The van der Waals surface area contributed by atoms with Crippen molar-refractivity contribution >= 4 is 46.4 Å². The fourth-order valence-electron chi connectivity index (χ4n) is 2.31. The van der Waals surface area contributed by atoms with Crippen LogP contribution in [0.4, 0.5) is 0 Å². The van der Waals surface area contributed by atoms with Crippen LogP contribution in [-0.4, -0.2) is 4.98 Å². The van der Waals surface area contributed by atoms with Crippen molar-refractivity contribution in [3.05, 3.63) is 74.3 Å². The van der Waals surface area contributed by atoms with E-state index in [4.69, 9.17) is 46.4 Å². The lowest BCUT2D eigenvalue weighted by molar-refractivity contribution is 1.30. The number of nitrogens with zero attached hydrogens (tertiary/aromatic N) is 2. The maximum Gasteiger partial charge on any atom is 0.101 e. The van der Waals surface area contributed by atoms with Crippen LogP contribution in [-0.2, 0) is 0 Å². The average Bonchev–Trinajstić information content (AvgIpc) is 2.58. The van der Waals surface area contributed by atoms with E-state index in [9.17, 15) is 5.26 Å². The summed E-state index contributed by atoms with van der Waals surface area (Å²) in [5.41, 5.74) is 2.84. The Kier molecular flexibility index (Phi) is 4.99. The molecule has 118 valence electrons. The van der Waals surface area contributed by atoms with Gasteiger partial charge in [0.1, 0.15) is 6.07 Å². The average molecular weight is 394 g/mol. The molecule has 0 aliphatic heterocycles. The van der Waals surface area contributed by atoms with Crippen molar-refractivity contribution in [1.29, 1.82) is 5.26 Å². The van der Waals surface area contributed by atoms with Gasteiger partial charge in [-0.05, 0) is 42.5 Å². The molecule has 6 heteroatoms. The Morgan fingerprint density at radius 2 is 1.38 bits per heavy atom. The van der Waals surface area contributed by atoms with Crippen molar-refractivity contribution in [2.45, 2.75) is 0 Å². The highest BCUT2D eigenvalue weighted by atomic mass is 35.5. The van der Waals surface area contributed by atoms with Gasteiger partial charge in [0.15, 0.2) is 0 Å². The van der Waals surface area contributed by atoms with Crippen molar-refractivity contribution in [2.24, 2.45) is 0 Å². The number of aromatic nitrogens is 1. The molecule has 0 aliphatic rings. The summed E-state index contributed by atoms with van der Waals surface area (Å²) in [6.45, 7) is 0. The number of hydrogen-bond donors (Lipinski definition) is 0. The number of pyridine rings is 1. The van der Waals surface area contributed by atoms with Crippen LogP contribution >= 0.6 is 46.4 Å². The monoisotopic (exact) mass is 392 g/mol. The number of rotatable bonds is 2. The van der Waals surface area contributed by atoms with Gasteiger partial charge in [-0.2, -0.15) is 5.26 Å². The third-order valence-corrected chi connectivity index (χ3v) is 4.56. The van der Waals surface area contributed by atoms with E-state index in [0.717, 1.165) is 0 Å². The van der Waals surface area contributed by atoms with E-state index in [1.165, 1.54) is 0 Å². The minimum absolute atomic E-state index is 0.368. The van der Waals surface area contributed by atoms with Crippen LogP contribution in [0.25, 0.3) is 22.4 Å². The second-order valence-electron chi connectivity index (χ2n) is 4.98. The Hall–Kier alpha value is -1.76. The first-order chi connectivity index (χ1) is 11.5. The predicted octanol–water partition coefficient (Wildman–Crippen LogP) is 6.90. The summed E-state index contributed by atoms with van der Waals surface area (Å²) < 4.78 is 0. The molecule has 2 aromatic carbocycles. The molecular formula is C18H8Cl4N2. The lowest BCUT2D eigenvalue weighted by atomic mass is 10.0. The van der Waals surface area contributed by atoms with E-state index in [-0.39, 0.29) is 0 Å². The van der Waals surface area contributed by atoms with Crippen molar-refractivity contribution in [3.63, 3.8) is 0 Å². The predicted molar refractivity (Wildman–Crippen MR) is 99.9 cm³/mol. The Morgan fingerprint density at radius 1 is 0.792 bits per heavy atom. The SMILES string of the molecule is N#Cc1cc(-c2cc(Cl)ccc2Cl)cnc1-c1cc(Cl)ccc1Cl. The molecule has 0 atom stereocenters. The molecule has 1 aromatic heterocycles. The zero-order valence-corrected chi connectivity index (χ0v) is 15.0. The van der Waals surface area contributed by atoms with E-state index < -0.39 is 0 Å². The van der Waals surface area contributed by atoms with Gasteiger partial charge in [-0.3, -0.25) is 4.98 Å². The van der Waals surface area contributed by atoms with Gasteiger partial charge in [0, 0.05) is 38.0 Å². The Labute approximate surface area is 159 Å². The molecule has 0 fully saturated rings. The summed E-state index contributed by atoms with van der Waals surface area (Å²) in [5.74, 6) is 0. The Balaban J connectivity index is 2.18. The zero-order chi connectivity index (χ0) is 17.3. The van der Waals surface area contributed by atoms with Crippen LogP contribution in [0.1, 0.15) is 5.56 Å². The molecule has 24 heavy (non-hydrogen) atoms. The van der Waals surface area contributed by atoms with Gasteiger partial charge in [-0.15, -0.1) is 0 Å². The van der Waals surface area contributed by atoms with Crippen LogP contribution in [0.2, 0.25) is 20.1 Å². The fraction of sp³-hybridized carbons (Fsp3) is 0. The molecule has 0 saturated heterocycles. The molecule has 0 N–H and O–H groups in total. The highest BCUT2D eigenvalue weighted by Gasteiger charge is 2.14. The normalized spacial score (nSPS) is 10.5. The second-order valence-corrected chi connectivity index (χ2v) is 6.67. The largest absolute Gasteiger partial charge is 0.254 e. The van der Waals surface area contributed by atoms with Crippen LogP contribution in [0.5, 0.6) is 0 Å². The molecular weight excluding hydrogens is 386 g/mol. The lowest BCUT2D eigenvalue weighted by Gasteiger charge is -2.10. The van der Waals surface area contributed by atoms with E-state index in [2.05, 4.69) is 11.1 Å². The molecule has 0 unspecified atom stereocenters. The summed E-state index contributed by atoms with van der Waals surface area (Å²) in [7, 11) is 0. The molecule has 1 heterocycles. The molecule has 0 saturated carbocycles. The van der Waals surface area contributed by atoms with Gasteiger partial charge >= 0.3 is 0 Å². The third-order valence-electron chi connectivity index (χ3n) is 3.43. The van der Waals surface area contributed by atoms with E-state index in [0.29, 0.717) is 48.0 Å². The van der Waals surface area contributed by atoms with E-state index in [1.54, 1.807) is 48.7 Å². The van der Waals surface area contributed by atoms with Crippen LogP contribution < -0.4 is 0 Å². The summed E-state index contributed by atoms with van der Waals surface area (Å²) in [5, 5.41) is 11.6. The zero-order valence-electron chi connectivity index (χ0n) is 12.0. The Bertz CT molecular complexity index is 977. The number of nitriles is 1. The van der Waals surface area contributed by atoms with Crippen LogP contribution in [0, 0.1) is 11.3 Å². The highest BCUT2D eigenvalue weighted by molar-refractivity contribution is 6.36. The standard InChI is InChI=1S/C18H8Cl4N2/c19-12-1-3-16(21)14(6-12)11-5-10(8-23)18(24-9-11)15-7-13(20)2-4-17(15)22/h1-7,9H. The first kappa shape index (κ1) is 17.1. The molecule has 2 nitrogen and oxygen atoms in total. The lowest BCUT2D eigenvalue weighted by Crippen LogP contribution is -1.92. The number of hydrogen-bond acceptors (Lipinski definition) is 2. The van der Waals surface area contributed by atoms with Crippen molar-refractivity contribution in [2.75, 3.05) is 0 Å². The first-order valence-corrected chi connectivity index (χ1v) is 8.32.